The number of nitro groups is 1. The predicted octanol–water partition coefficient (Wildman–Crippen LogP) is 1.25. The molecule has 8 heteroatoms. The maximum atomic E-state index is 10.9. The van der Waals surface area contributed by atoms with E-state index >= 15 is 0 Å². The van der Waals surface area contributed by atoms with E-state index in [9.17, 15) is 10.1 Å². The average molecular weight is 339 g/mol. The van der Waals surface area contributed by atoms with Gasteiger partial charge in [-0.25, -0.2) is 0 Å². The second-order valence-corrected chi connectivity index (χ2v) is 5.62. The summed E-state index contributed by atoms with van der Waals surface area (Å²) in [5.74, 6) is 0.792. The lowest BCUT2D eigenvalue weighted by molar-refractivity contribution is -0.385. The molecule has 1 saturated heterocycles. The number of hydrogen-bond donors (Lipinski definition) is 0. The molecule has 0 amide bonds. The molecule has 0 radical (unpaired) electrons. The summed E-state index contributed by atoms with van der Waals surface area (Å²) in [6.07, 6.45) is 0. The molecule has 0 aliphatic carbocycles. The number of benzene rings is 1. The quantitative estimate of drug-likeness (QED) is 0.495. The Hall–Kier alpha value is -1.90. The Morgan fingerprint density at radius 3 is 2.25 bits per heavy atom. The molecule has 8 nitrogen and oxygen atoms in total. The molecule has 0 atom stereocenters. The van der Waals surface area contributed by atoms with Crippen molar-refractivity contribution in [2.75, 3.05) is 66.7 Å². The van der Waals surface area contributed by atoms with Gasteiger partial charge in [-0.1, -0.05) is 0 Å². The predicted molar refractivity (Wildman–Crippen MR) is 89.9 cm³/mol. The van der Waals surface area contributed by atoms with Crippen molar-refractivity contribution in [2.24, 2.45) is 0 Å². The van der Waals surface area contributed by atoms with E-state index in [2.05, 4.69) is 9.80 Å². The molecule has 1 aliphatic heterocycles. The molecule has 1 aromatic carbocycles. The van der Waals surface area contributed by atoms with Gasteiger partial charge in [-0.2, -0.15) is 0 Å². The summed E-state index contributed by atoms with van der Waals surface area (Å²) in [4.78, 5) is 15.1. The SMILES string of the molecule is COCCN1CCN(CCOc2ccc([N+](=O)[O-])c(OC)c2)CC1. The molecule has 2 rings (SSSR count). The number of nitrogens with zero attached hydrogens (tertiary/aromatic N) is 3. The van der Waals surface area contributed by atoms with E-state index in [1.165, 1.54) is 13.2 Å². The van der Waals surface area contributed by atoms with Crippen LogP contribution in [-0.4, -0.2) is 81.4 Å². The van der Waals surface area contributed by atoms with E-state index < -0.39 is 4.92 Å². The molecule has 0 spiro atoms. The monoisotopic (exact) mass is 339 g/mol. The van der Waals surface area contributed by atoms with Crippen molar-refractivity contribution in [3.05, 3.63) is 28.3 Å². The Labute approximate surface area is 142 Å². The molecular weight excluding hydrogens is 314 g/mol. The smallest absolute Gasteiger partial charge is 0.311 e. The molecule has 1 aliphatic rings. The summed E-state index contributed by atoms with van der Waals surface area (Å²) < 4.78 is 15.8. The molecule has 1 heterocycles. The van der Waals surface area contributed by atoms with E-state index in [-0.39, 0.29) is 11.4 Å². The number of piperazine rings is 1. The standard InChI is InChI=1S/C16H25N3O5/c1-22-11-9-17-5-7-18(8-6-17)10-12-24-14-3-4-15(19(20)21)16(13-14)23-2/h3-4,13H,5-12H2,1-2H3. The van der Waals surface area contributed by atoms with Crippen molar-refractivity contribution >= 4 is 5.69 Å². The lowest BCUT2D eigenvalue weighted by atomic mass is 10.3. The third kappa shape index (κ3) is 5.33. The van der Waals surface area contributed by atoms with Gasteiger partial charge in [-0.05, 0) is 6.07 Å². The zero-order chi connectivity index (χ0) is 17.4. The van der Waals surface area contributed by atoms with E-state index in [0.29, 0.717) is 12.4 Å². The maximum Gasteiger partial charge on any atom is 0.311 e. The largest absolute Gasteiger partial charge is 0.492 e. The molecule has 0 N–H and O–H groups in total. The Morgan fingerprint density at radius 2 is 1.71 bits per heavy atom. The van der Waals surface area contributed by atoms with Crippen LogP contribution in [-0.2, 0) is 4.74 Å². The lowest BCUT2D eigenvalue weighted by Crippen LogP contribution is -2.48. The van der Waals surface area contributed by atoms with Gasteiger partial charge in [0.25, 0.3) is 0 Å². The van der Waals surface area contributed by atoms with Crippen molar-refractivity contribution in [1.82, 2.24) is 9.80 Å². The summed E-state index contributed by atoms with van der Waals surface area (Å²) in [7, 11) is 3.13. The Bertz CT molecular complexity index is 532. The van der Waals surface area contributed by atoms with Gasteiger partial charge in [0.15, 0.2) is 0 Å². The highest BCUT2D eigenvalue weighted by atomic mass is 16.6. The van der Waals surface area contributed by atoms with E-state index in [1.807, 2.05) is 0 Å². The van der Waals surface area contributed by atoms with E-state index in [0.717, 1.165) is 45.9 Å². The van der Waals surface area contributed by atoms with Gasteiger partial charge in [0.2, 0.25) is 5.75 Å². The molecule has 0 bridgehead atoms. The average Bonchev–Trinajstić information content (AvgIpc) is 2.60. The summed E-state index contributed by atoms with van der Waals surface area (Å²) in [6, 6.07) is 4.56. The first-order chi connectivity index (χ1) is 11.6. The summed E-state index contributed by atoms with van der Waals surface area (Å²) in [5.41, 5.74) is -0.0583. The third-order valence-electron chi connectivity index (χ3n) is 4.10. The first kappa shape index (κ1) is 18.4. The van der Waals surface area contributed by atoms with Gasteiger partial charge in [0, 0.05) is 58.5 Å². The topological polar surface area (TPSA) is 77.3 Å². The fraction of sp³-hybridized carbons (Fsp3) is 0.625. The second kappa shape index (κ2) is 9.41. The molecule has 0 saturated carbocycles. The Morgan fingerprint density at radius 1 is 1.08 bits per heavy atom. The second-order valence-electron chi connectivity index (χ2n) is 5.62. The van der Waals surface area contributed by atoms with Gasteiger partial charge >= 0.3 is 5.69 Å². The van der Waals surface area contributed by atoms with Crippen LogP contribution in [0.15, 0.2) is 18.2 Å². The molecular formula is C16H25N3O5. The van der Waals surface area contributed by atoms with Crippen LogP contribution in [0, 0.1) is 10.1 Å². The van der Waals surface area contributed by atoms with Gasteiger partial charge in [0.05, 0.1) is 18.6 Å². The van der Waals surface area contributed by atoms with Crippen LogP contribution < -0.4 is 9.47 Å². The zero-order valence-electron chi connectivity index (χ0n) is 14.3. The van der Waals surface area contributed by atoms with E-state index in [1.54, 1.807) is 19.2 Å². The molecule has 134 valence electrons. The number of nitro benzene ring substituents is 1. The minimum Gasteiger partial charge on any atom is -0.492 e. The number of ether oxygens (including phenoxy) is 3. The summed E-state index contributed by atoms with van der Waals surface area (Å²) in [6.45, 7) is 7.21. The van der Waals surface area contributed by atoms with Crippen molar-refractivity contribution in [3.63, 3.8) is 0 Å². The molecule has 0 unspecified atom stereocenters. The van der Waals surface area contributed by atoms with Gasteiger partial charge in [0.1, 0.15) is 12.4 Å². The highest BCUT2D eigenvalue weighted by Gasteiger charge is 2.17. The fourth-order valence-corrected chi connectivity index (χ4v) is 2.65. The van der Waals surface area contributed by atoms with Crippen LogP contribution in [0.25, 0.3) is 0 Å². The minimum atomic E-state index is -0.467. The van der Waals surface area contributed by atoms with Crippen LogP contribution >= 0.6 is 0 Å². The van der Waals surface area contributed by atoms with Crippen LogP contribution in [0.5, 0.6) is 11.5 Å². The van der Waals surface area contributed by atoms with Crippen molar-refractivity contribution in [2.45, 2.75) is 0 Å². The fourth-order valence-electron chi connectivity index (χ4n) is 2.65. The van der Waals surface area contributed by atoms with Crippen LogP contribution in [0.4, 0.5) is 5.69 Å². The first-order valence-electron chi connectivity index (χ1n) is 8.03. The highest BCUT2D eigenvalue weighted by Crippen LogP contribution is 2.30. The maximum absolute atomic E-state index is 10.9. The lowest BCUT2D eigenvalue weighted by Gasteiger charge is -2.34. The van der Waals surface area contributed by atoms with Crippen LogP contribution in [0.1, 0.15) is 0 Å². The highest BCUT2D eigenvalue weighted by molar-refractivity contribution is 5.50. The normalized spacial score (nSPS) is 16.1. The first-order valence-corrected chi connectivity index (χ1v) is 8.03. The summed E-state index contributed by atoms with van der Waals surface area (Å²) >= 11 is 0. The molecule has 0 aromatic heterocycles. The Kier molecular flexibility index (Phi) is 7.23. The van der Waals surface area contributed by atoms with Crippen LogP contribution in [0.2, 0.25) is 0 Å². The molecule has 1 fully saturated rings. The van der Waals surface area contributed by atoms with Gasteiger partial charge in [-0.15, -0.1) is 0 Å². The van der Waals surface area contributed by atoms with Gasteiger partial charge < -0.3 is 14.2 Å². The minimum absolute atomic E-state index is 0.0583. The molecule has 24 heavy (non-hydrogen) atoms. The zero-order valence-corrected chi connectivity index (χ0v) is 14.3. The number of methoxy groups -OCH3 is 2. The van der Waals surface area contributed by atoms with Crippen molar-refractivity contribution in [3.8, 4) is 11.5 Å². The summed E-state index contributed by atoms with van der Waals surface area (Å²) in [5, 5.41) is 10.9. The number of hydrogen-bond acceptors (Lipinski definition) is 7. The molecule has 1 aromatic rings. The van der Waals surface area contributed by atoms with Gasteiger partial charge in [-0.3, -0.25) is 19.9 Å². The number of rotatable bonds is 9. The van der Waals surface area contributed by atoms with Crippen molar-refractivity contribution < 1.29 is 19.1 Å². The van der Waals surface area contributed by atoms with Crippen LogP contribution in [0.3, 0.4) is 0 Å². The third-order valence-corrected chi connectivity index (χ3v) is 4.10. The Balaban J connectivity index is 1.74. The van der Waals surface area contributed by atoms with E-state index in [4.69, 9.17) is 14.2 Å². The van der Waals surface area contributed by atoms with Crippen molar-refractivity contribution in [1.29, 1.82) is 0 Å².